The molecule has 23 heavy (non-hydrogen) atoms. The highest BCUT2D eigenvalue weighted by Gasteiger charge is 2.37. The van der Waals surface area contributed by atoms with Crippen LogP contribution in [-0.2, 0) is 14.3 Å². The molecule has 0 spiro atoms. The van der Waals surface area contributed by atoms with Gasteiger partial charge in [-0.1, -0.05) is 27.5 Å². The monoisotopic (exact) mass is 396 g/mol. The Morgan fingerprint density at radius 1 is 1.57 bits per heavy atom. The third kappa shape index (κ3) is 3.36. The van der Waals surface area contributed by atoms with Crippen molar-refractivity contribution in [2.75, 3.05) is 6.61 Å². The van der Waals surface area contributed by atoms with Crippen molar-refractivity contribution in [2.24, 2.45) is 5.73 Å². The number of benzene rings is 1. The van der Waals surface area contributed by atoms with Crippen LogP contribution in [0, 0.1) is 11.3 Å². The first-order valence-corrected chi connectivity index (χ1v) is 7.98. The van der Waals surface area contributed by atoms with Gasteiger partial charge in [-0.3, -0.25) is 0 Å². The van der Waals surface area contributed by atoms with Gasteiger partial charge in [0.25, 0.3) is 0 Å². The van der Waals surface area contributed by atoms with Crippen molar-refractivity contribution < 1.29 is 14.3 Å². The van der Waals surface area contributed by atoms with Gasteiger partial charge < -0.3 is 15.2 Å². The molecule has 0 aromatic heterocycles. The maximum atomic E-state index is 12.4. The summed E-state index contributed by atoms with van der Waals surface area (Å²) in [7, 11) is 0. The van der Waals surface area contributed by atoms with E-state index in [1.165, 1.54) is 0 Å². The van der Waals surface area contributed by atoms with Gasteiger partial charge in [-0.25, -0.2) is 4.79 Å². The van der Waals surface area contributed by atoms with Gasteiger partial charge in [-0.05, 0) is 37.6 Å². The number of esters is 1. The number of nitrogens with two attached hydrogens (primary N) is 1. The van der Waals surface area contributed by atoms with Gasteiger partial charge in [0, 0.05) is 9.50 Å². The van der Waals surface area contributed by atoms with Crippen molar-refractivity contribution in [1.29, 1.82) is 5.26 Å². The molecule has 0 amide bonds. The van der Waals surface area contributed by atoms with Gasteiger partial charge >= 0.3 is 5.97 Å². The van der Waals surface area contributed by atoms with E-state index in [0.717, 1.165) is 0 Å². The number of rotatable bonds is 3. The summed E-state index contributed by atoms with van der Waals surface area (Å²) in [5.41, 5.74) is 6.85. The van der Waals surface area contributed by atoms with E-state index in [1.54, 1.807) is 32.0 Å². The molecule has 0 saturated heterocycles. The van der Waals surface area contributed by atoms with Crippen LogP contribution in [0.25, 0.3) is 0 Å². The van der Waals surface area contributed by atoms with Crippen LogP contribution in [0.2, 0.25) is 5.02 Å². The first kappa shape index (κ1) is 17.4. The lowest BCUT2D eigenvalue weighted by molar-refractivity contribution is -0.139. The third-order valence-corrected chi connectivity index (χ3v) is 4.33. The molecular weight excluding hydrogens is 384 g/mol. The number of carbonyl (C=O) groups is 1. The molecule has 1 heterocycles. The molecule has 120 valence electrons. The van der Waals surface area contributed by atoms with E-state index in [4.69, 9.17) is 26.8 Å². The number of carbonyl (C=O) groups excluding carboxylic acids is 1. The molecule has 2 N–H and O–H groups in total. The predicted molar refractivity (Wildman–Crippen MR) is 89.1 cm³/mol. The molecule has 1 atom stereocenters. The minimum atomic E-state index is -0.708. The van der Waals surface area contributed by atoms with Gasteiger partial charge in [0.15, 0.2) is 0 Å². The lowest BCUT2D eigenvalue weighted by Gasteiger charge is -2.27. The quantitative estimate of drug-likeness (QED) is 0.785. The van der Waals surface area contributed by atoms with Crippen LogP contribution in [0.15, 0.2) is 45.5 Å². The smallest absolute Gasteiger partial charge is 0.338 e. The second-order valence-electron chi connectivity index (χ2n) is 4.78. The van der Waals surface area contributed by atoms with Crippen molar-refractivity contribution in [3.05, 3.63) is 56.0 Å². The number of nitriles is 1. The molecule has 5 nitrogen and oxygen atoms in total. The summed E-state index contributed by atoms with van der Waals surface area (Å²) in [6.45, 7) is 3.52. The summed E-state index contributed by atoms with van der Waals surface area (Å²) in [5, 5.41) is 9.96. The van der Waals surface area contributed by atoms with E-state index in [2.05, 4.69) is 15.9 Å². The standard InChI is InChI=1S/C16H14BrClN2O3/c1-3-22-16(21)13-8(2)23-15(20)11(7-19)14(13)10-6-9(18)4-5-12(10)17/h4-6,14H,3,20H2,1-2H3. The molecule has 7 heteroatoms. The van der Waals surface area contributed by atoms with E-state index >= 15 is 0 Å². The summed E-state index contributed by atoms with van der Waals surface area (Å²) < 4.78 is 11.2. The topological polar surface area (TPSA) is 85.3 Å². The third-order valence-electron chi connectivity index (χ3n) is 3.37. The Morgan fingerprint density at radius 3 is 2.87 bits per heavy atom. The molecule has 1 aromatic rings. The van der Waals surface area contributed by atoms with Crippen LogP contribution in [0.3, 0.4) is 0 Å². The van der Waals surface area contributed by atoms with Crippen LogP contribution in [-0.4, -0.2) is 12.6 Å². The van der Waals surface area contributed by atoms with Crippen molar-refractivity contribution in [2.45, 2.75) is 19.8 Å². The number of halogens is 2. The Labute approximate surface area is 147 Å². The van der Waals surface area contributed by atoms with E-state index in [9.17, 15) is 10.1 Å². The molecule has 0 aliphatic carbocycles. The summed E-state index contributed by atoms with van der Waals surface area (Å²) >= 11 is 9.50. The number of allylic oxidation sites excluding steroid dienone is 2. The average molecular weight is 398 g/mol. The molecular formula is C16H14BrClN2O3. The van der Waals surface area contributed by atoms with Gasteiger partial charge in [0.2, 0.25) is 5.88 Å². The Balaban J connectivity index is 2.69. The normalized spacial score (nSPS) is 17.6. The number of hydrogen-bond acceptors (Lipinski definition) is 5. The molecule has 1 aliphatic heterocycles. The minimum Gasteiger partial charge on any atom is -0.463 e. The average Bonchev–Trinajstić information content (AvgIpc) is 2.49. The van der Waals surface area contributed by atoms with Crippen LogP contribution >= 0.6 is 27.5 Å². The number of hydrogen-bond donors (Lipinski definition) is 1. The largest absolute Gasteiger partial charge is 0.463 e. The molecule has 1 aliphatic rings. The van der Waals surface area contributed by atoms with Gasteiger partial charge in [-0.15, -0.1) is 0 Å². The van der Waals surface area contributed by atoms with Gasteiger partial charge in [-0.2, -0.15) is 5.26 Å². The first-order chi connectivity index (χ1) is 10.9. The van der Waals surface area contributed by atoms with Gasteiger partial charge in [0.1, 0.15) is 17.4 Å². The summed E-state index contributed by atoms with van der Waals surface area (Å²) in [4.78, 5) is 12.4. The predicted octanol–water partition coefficient (Wildman–Crippen LogP) is 3.75. The van der Waals surface area contributed by atoms with E-state index in [1.807, 2.05) is 6.07 Å². The molecule has 0 fully saturated rings. The second kappa shape index (κ2) is 7.07. The molecule has 2 rings (SSSR count). The fourth-order valence-electron chi connectivity index (χ4n) is 2.40. The zero-order valence-corrected chi connectivity index (χ0v) is 14.9. The molecule has 0 radical (unpaired) electrons. The Hall–Kier alpha value is -1.97. The zero-order valence-electron chi connectivity index (χ0n) is 12.5. The summed E-state index contributed by atoms with van der Waals surface area (Å²) in [6, 6.07) is 7.15. The van der Waals surface area contributed by atoms with Crippen LogP contribution < -0.4 is 5.73 Å². The van der Waals surface area contributed by atoms with E-state index in [0.29, 0.717) is 20.8 Å². The molecule has 1 unspecified atom stereocenters. The highest BCUT2D eigenvalue weighted by atomic mass is 79.9. The Bertz CT molecular complexity index is 765. The van der Waals surface area contributed by atoms with Crippen molar-refractivity contribution in [3.8, 4) is 6.07 Å². The van der Waals surface area contributed by atoms with Gasteiger partial charge in [0.05, 0.1) is 18.1 Å². The fourth-order valence-corrected chi connectivity index (χ4v) is 3.06. The second-order valence-corrected chi connectivity index (χ2v) is 6.07. The number of ether oxygens (including phenoxy) is 2. The summed E-state index contributed by atoms with van der Waals surface area (Å²) in [5.74, 6) is -0.991. The lowest BCUT2D eigenvalue weighted by Crippen LogP contribution is -2.25. The number of nitrogens with zero attached hydrogens (tertiary/aromatic N) is 1. The molecule has 0 bridgehead atoms. The van der Waals surface area contributed by atoms with Crippen molar-refractivity contribution in [1.82, 2.24) is 0 Å². The van der Waals surface area contributed by atoms with E-state index in [-0.39, 0.29) is 23.6 Å². The van der Waals surface area contributed by atoms with Crippen molar-refractivity contribution >= 4 is 33.5 Å². The zero-order chi connectivity index (χ0) is 17.1. The Kier molecular flexibility index (Phi) is 5.34. The van der Waals surface area contributed by atoms with Crippen LogP contribution in [0.5, 0.6) is 0 Å². The first-order valence-electron chi connectivity index (χ1n) is 6.81. The molecule has 1 aromatic carbocycles. The summed E-state index contributed by atoms with van der Waals surface area (Å²) in [6.07, 6.45) is 0. The van der Waals surface area contributed by atoms with Crippen LogP contribution in [0.1, 0.15) is 25.3 Å². The highest BCUT2D eigenvalue weighted by molar-refractivity contribution is 9.10. The minimum absolute atomic E-state index is 0.0325. The fraction of sp³-hybridized carbons (Fsp3) is 0.250. The maximum Gasteiger partial charge on any atom is 0.338 e. The maximum absolute atomic E-state index is 12.4. The molecule has 0 saturated carbocycles. The van der Waals surface area contributed by atoms with Crippen molar-refractivity contribution in [3.63, 3.8) is 0 Å². The SMILES string of the molecule is CCOC(=O)C1=C(C)OC(N)=C(C#N)C1c1cc(Cl)ccc1Br. The Morgan fingerprint density at radius 2 is 2.26 bits per heavy atom. The van der Waals surface area contributed by atoms with Crippen LogP contribution in [0.4, 0.5) is 0 Å². The highest BCUT2D eigenvalue weighted by Crippen LogP contribution is 2.42. The van der Waals surface area contributed by atoms with E-state index < -0.39 is 11.9 Å². The lowest BCUT2D eigenvalue weighted by atomic mass is 9.83.